The molecule has 0 fully saturated rings. The summed E-state index contributed by atoms with van der Waals surface area (Å²) in [7, 11) is 0. The molecule has 7 nitrogen and oxygen atoms in total. The summed E-state index contributed by atoms with van der Waals surface area (Å²) in [6.45, 7) is 6.33. The maximum Gasteiger partial charge on any atom is 0.330 e. The Labute approximate surface area is 160 Å². The summed E-state index contributed by atoms with van der Waals surface area (Å²) in [5.74, 6) is 0.502. The Morgan fingerprint density at radius 1 is 1.26 bits per heavy atom. The zero-order valence-electron chi connectivity index (χ0n) is 15.4. The number of pyridine rings is 1. The normalized spacial score (nSPS) is 11.7. The predicted octanol–water partition coefficient (Wildman–Crippen LogP) is 3.99. The van der Waals surface area contributed by atoms with Gasteiger partial charge in [0.1, 0.15) is 0 Å². The van der Waals surface area contributed by atoms with Crippen molar-refractivity contribution in [3.8, 4) is 0 Å². The van der Waals surface area contributed by atoms with Crippen LogP contribution in [-0.4, -0.2) is 14.5 Å². The largest absolute Gasteiger partial charge is 0.330 e. The van der Waals surface area contributed by atoms with E-state index in [4.69, 9.17) is 11.6 Å². The average Bonchev–Trinajstić information content (AvgIpc) is 2.62. The molecule has 27 heavy (non-hydrogen) atoms. The van der Waals surface area contributed by atoms with Gasteiger partial charge in [-0.15, -0.1) is 5.11 Å². The van der Waals surface area contributed by atoms with Gasteiger partial charge in [-0.2, -0.15) is 5.11 Å². The summed E-state index contributed by atoms with van der Waals surface area (Å²) in [4.78, 5) is 30.8. The van der Waals surface area contributed by atoms with Gasteiger partial charge in [-0.25, -0.2) is 4.79 Å². The number of nitrogens with one attached hydrogen (secondary N) is 1. The number of fused-ring (bicyclic) bond motifs is 1. The lowest BCUT2D eigenvalue weighted by atomic mass is 10.1. The average molecular weight is 386 g/mol. The van der Waals surface area contributed by atoms with Crippen LogP contribution in [0.1, 0.15) is 25.0 Å². The number of benzene rings is 1. The first kappa shape index (κ1) is 19.0. The molecule has 140 valence electrons. The van der Waals surface area contributed by atoms with Crippen molar-refractivity contribution >= 4 is 28.3 Å². The summed E-state index contributed by atoms with van der Waals surface area (Å²) < 4.78 is 1.45. The van der Waals surface area contributed by atoms with Crippen LogP contribution in [0.25, 0.3) is 10.9 Å². The Kier molecular flexibility index (Phi) is 5.51. The molecule has 0 saturated heterocycles. The zero-order chi connectivity index (χ0) is 19.6. The number of aromatic amines is 1. The summed E-state index contributed by atoms with van der Waals surface area (Å²) in [5.41, 5.74) is 1.16. The molecule has 0 spiro atoms. The minimum Gasteiger partial charge on any atom is -0.276 e. The van der Waals surface area contributed by atoms with Crippen LogP contribution >= 0.6 is 11.6 Å². The number of nitrogens with zero attached hydrogens (tertiary/aromatic N) is 4. The van der Waals surface area contributed by atoms with Crippen molar-refractivity contribution in [2.45, 2.75) is 33.9 Å². The maximum atomic E-state index is 12.2. The van der Waals surface area contributed by atoms with Crippen LogP contribution in [-0.2, 0) is 13.1 Å². The maximum absolute atomic E-state index is 12.2. The molecule has 3 aromatic rings. The lowest BCUT2D eigenvalue weighted by Gasteiger charge is -2.12. The highest BCUT2D eigenvalue weighted by atomic mass is 35.5. The minimum absolute atomic E-state index is 0.216. The number of hydrogen-bond donors (Lipinski definition) is 1. The van der Waals surface area contributed by atoms with Crippen molar-refractivity contribution in [2.75, 3.05) is 0 Å². The molecule has 0 aliphatic rings. The molecule has 0 unspecified atom stereocenters. The van der Waals surface area contributed by atoms with E-state index in [2.05, 4.69) is 20.2 Å². The van der Waals surface area contributed by atoms with Crippen LogP contribution in [0.2, 0.25) is 5.02 Å². The van der Waals surface area contributed by atoms with Gasteiger partial charge in [-0.05, 0) is 42.7 Å². The summed E-state index contributed by atoms with van der Waals surface area (Å²) in [6.07, 6.45) is 1.70. The quantitative estimate of drug-likeness (QED) is 0.673. The second-order valence-corrected chi connectivity index (χ2v) is 7.18. The summed E-state index contributed by atoms with van der Waals surface area (Å²) in [5, 5.41) is 9.97. The Morgan fingerprint density at radius 2 is 2.04 bits per heavy atom. The Bertz CT molecular complexity index is 1130. The Hall–Kier alpha value is -2.80. The first-order valence-corrected chi connectivity index (χ1v) is 8.99. The van der Waals surface area contributed by atoms with E-state index in [0.29, 0.717) is 17.1 Å². The van der Waals surface area contributed by atoms with E-state index in [1.807, 2.05) is 32.0 Å². The monoisotopic (exact) mass is 385 g/mol. The topological polar surface area (TPSA) is 92.5 Å². The molecule has 0 atom stereocenters. The zero-order valence-corrected chi connectivity index (χ0v) is 16.1. The van der Waals surface area contributed by atoms with Gasteiger partial charge in [0.25, 0.3) is 5.56 Å². The smallest absolute Gasteiger partial charge is 0.276 e. The molecule has 0 amide bonds. The third-order valence-electron chi connectivity index (χ3n) is 4.15. The molecular formula is C19H20ClN5O2. The molecule has 1 N–H and O–H groups in total. The second-order valence-electron chi connectivity index (χ2n) is 6.74. The van der Waals surface area contributed by atoms with Crippen LogP contribution in [0.4, 0.5) is 5.82 Å². The van der Waals surface area contributed by atoms with Gasteiger partial charge in [0, 0.05) is 23.2 Å². The van der Waals surface area contributed by atoms with Crippen LogP contribution in [0, 0.1) is 12.8 Å². The highest BCUT2D eigenvalue weighted by Crippen LogP contribution is 2.22. The molecule has 2 heterocycles. The number of azo groups is 1. The van der Waals surface area contributed by atoms with E-state index < -0.39 is 11.2 Å². The third-order valence-corrected chi connectivity index (χ3v) is 4.38. The second kappa shape index (κ2) is 7.84. The van der Waals surface area contributed by atoms with Crippen molar-refractivity contribution in [1.29, 1.82) is 0 Å². The molecule has 3 rings (SSSR count). The number of halogens is 1. The number of H-pyrrole nitrogens is 1. The van der Waals surface area contributed by atoms with E-state index >= 15 is 0 Å². The predicted molar refractivity (Wildman–Crippen MR) is 106 cm³/mol. The van der Waals surface area contributed by atoms with Gasteiger partial charge in [0.2, 0.25) is 0 Å². The fraction of sp³-hybridized carbons (Fsp3) is 0.316. The summed E-state index contributed by atoms with van der Waals surface area (Å²) >= 11 is 6.09. The third kappa shape index (κ3) is 4.14. The van der Waals surface area contributed by atoms with Gasteiger partial charge in [-0.3, -0.25) is 19.3 Å². The SMILES string of the molecule is Cc1c(N=NCc2ccnc3ccc(Cl)cc23)n(CC(C)C)c(=O)[nH]c1=O. The van der Waals surface area contributed by atoms with Crippen molar-refractivity contribution in [2.24, 2.45) is 16.1 Å². The highest BCUT2D eigenvalue weighted by molar-refractivity contribution is 6.31. The lowest BCUT2D eigenvalue weighted by molar-refractivity contribution is 0.502. The molecular weight excluding hydrogens is 366 g/mol. The highest BCUT2D eigenvalue weighted by Gasteiger charge is 2.12. The van der Waals surface area contributed by atoms with Gasteiger partial charge in [0.15, 0.2) is 5.82 Å². The Balaban J connectivity index is 1.99. The number of aromatic nitrogens is 3. The fourth-order valence-corrected chi connectivity index (χ4v) is 2.99. The van der Waals surface area contributed by atoms with Crippen LogP contribution < -0.4 is 11.2 Å². The van der Waals surface area contributed by atoms with Crippen molar-refractivity contribution in [3.05, 3.63) is 67.4 Å². The number of hydrogen-bond acceptors (Lipinski definition) is 5. The van der Waals surface area contributed by atoms with Crippen LogP contribution in [0.15, 0.2) is 50.3 Å². The van der Waals surface area contributed by atoms with Crippen molar-refractivity contribution < 1.29 is 0 Å². The van der Waals surface area contributed by atoms with Gasteiger partial charge >= 0.3 is 5.69 Å². The van der Waals surface area contributed by atoms with Gasteiger partial charge in [0.05, 0.1) is 17.6 Å². The fourth-order valence-electron chi connectivity index (χ4n) is 2.81. The molecule has 0 aliphatic heterocycles. The van der Waals surface area contributed by atoms with E-state index in [1.165, 1.54) is 4.57 Å². The number of rotatable bonds is 5. The molecule has 8 heteroatoms. The molecule has 0 radical (unpaired) electrons. The van der Waals surface area contributed by atoms with E-state index in [9.17, 15) is 9.59 Å². The molecule has 1 aromatic carbocycles. The molecule has 0 saturated carbocycles. The van der Waals surface area contributed by atoms with E-state index in [1.54, 1.807) is 19.2 Å². The standard InChI is InChI=1S/C19H20ClN5O2/c1-11(2)10-25-17(12(3)18(26)23-19(25)27)24-22-9-13-6-7-21-16-5-4-14(20)8-15(13)16/h4-8,11H,9-10H2,1-3H3,(H,23,26,27). The molecule has 2 aromatic heterocycles. The van der Waals surface area contributed by atoms with E-state index in [0.717, 1.165) is 16.5 Å². The molecule has 0 aliphatic carbocycles. The first-order chi connectivity index (χ1) is 12.9. The van der Waals surface area contributed by atoms with Crippen molar-refractivity contribution in [1.82, 2.24) is 14.5 Å². The lowest BCUT2D eigenvalue weighted by Crippen LogP contribution is -2.32. The summed E-state index contributed by atoms with van der Waals surface area (Å²) in [6, 6.07) is 7.32. The van der Waals surface area contributed by atoms with Gasteiger partial charge in [-0.1, -0.05) is 25.4 Å². The van der Waals surface area contributed by atoms with Crippen LogP contribution in [0.3, 0.4) is 0 Å². The van der Waals surface area contributed by atoms with Crippen molar-refractivity contribution in [3.63, 3.8) is 0 Å². The minimum atomic E-state index is -0.477. The first-order valence-electron chi connectivity index (χ1n) is 8.61. The van der Waals surface area contributed by atoms with Crippen LogP contribution in [0.5, 0.6) is 0 Å². The van der Waals surface area contributed by atoms with E-state index in [-0.39, 0.29) is 18.3 Å². The Morgan fingerprint density at radius 3 is 2.78 bits per heavy atom. The molecule has 0 bridgehead atoms. The van der Waals surface area contributed by atoms with Gasteiger partial charge < -0.3 is 0 Å².